The highest BCUT2D eigenvalue weighted by Crippen LogP contribution is 2.42. The second-order valence-corrected chi connectivity index (χ2v) is 10.3. The Kier molecular flexibility index (Phi) is 5.95. The molecular formula is C28H30N2O5. The van der Waals surface area contributed by atoms with E-state index in [4.69, 9.17) is 4.74 Å². The van der Waals surface area contributed by atoms with Gasteiger partial charge in [0.05, 0.1) is 23.4 Å². The lowest BCUT2D eigenvalue weighted by molar-refractivity contribution is -0.139. The molecule has 2 aromatic rings. The monoisotopic (exact) mass is 474 g/mol. The Hall–Kier alpha value is -3.48. The van der Waals surface area contributed by atoms with Gasteiger partial charge in [-0.1, -0.05) is 25.1 Å². The number of hydrogen-bond donors (Lipinski definition) is 0. The highest BCUT2D eigenvalue weighted by atomic mass is 16.5. The summed E-state index contributed by atoms with van der Waals surface area (Å²) >= 11 is 0. The van der Waals surface area contributed by atoms with Gasteiger partial charge in [-0.3, -0.25) is 19.2 Å². The average Bonchev–Trinajstić information content (AvgIpc) is 3.33. The summed E-state index contributed by atoms with van der Waals surface area (Å²) in [5, 5.41) is 0. The maximum absolute atomic E-state index is 13.1. The van der Waals surface area contributed by atoms with Crippen LogP contribution in [-0.2, 0) is 19.2 Å². The minimum absolute atomic E-state index is 0.0799. The molecular weight excluding hydrogens is 444 g/mol. The second kappa shape index (κ2) is 8.95. The minimum Gasteiger partial charge on any atom is -0.426 e. The van der Waals surface area contributed by atoms with Gasteiger partial charge in [-0.05, 0) is 68.4 Å². The number of ether oxygens (including phenoxy) is 1. The smallest absolute Gasteiger partial charge is 0.316 e. The Morgan fingerprint density at radius 2 is 1.74 bits per heavy atom. The molecule has 4 atom stereocenters. The lowest BCUT2D eigenvalue weighted by Gasteiger charge is -2.25. The Balaban J connectivity index is 1.30. The summed E-state index contributed by atoms with van der Waals surface area (Å²) in [5.74, 6) is -1.37. The van der Waals surface area contributed by atoms with Crippen LogP contribution in [0.5, 0.6) is 5.75 Å². The van der Waals surface area contributed by atoms with Crippen molar-refractivity contribution in [2.45, 2.75) is 46.5 Å². The zero-order valence-electron chi connectivity index (χ0n) is 20.3. The molecule has 0 spiro atoms. The lowest BCUT2D eigenvalue weighted by Crippen LogP contribution is -2.31. The fraction of sp³-hybridized carbons (Fsp3) is 0.429. The summed E-state index contributed by atoms with van der Waals surface area (Å²) < 4.78 is 5.62. The molecule has 2 heterocycles. The van der Waals surface area contributed by atoms with Gasteiger partial charge >= 0.3 is 5.97 Å². The van der Waals surface area contributed by atoms with Gasteiger partial charge in [-0.2, -0.15) is 0 Å². The first-order chi connectivity index (χ1) is 16.7. The molecule has 3 amide bonds. The predicted molar refractivity (Wildman–Crippen MR) is 131 cm³/mol. The maximum atomic E-state index is 13.1. The summed E-state index contributed by atoms with van der Waals surface area (Å²) in [7, 11) is 0. The van der Waals surface area contributed by atoms with Crippen LogP contribution in [0.3, 0.4) is 0 Å². The van der Waals surface area contributed by atoms with Gasteiger partial charge in [0.2, 0.25) is 17.7 Å². The minimum atomic E-state index is -0.592. The van der Waals surface area contributed by atoms with E-state index < -0.39 is 11.9 Å². The summed E-state index contributed by atoms with van der Waals surface area (Å²) in [5.41, 5.74) is 3.25. The normalized spacial score (nSPS) is 26.3. The number of fused-ring (bicyclic) bond motifs is 1. The van der Waals surface area contributed by atoms with Gasteiger partial charge in [-0.15, -0.1) is 0 Å². The van der Waals surface area contributed by atoms with Crippen LogP contribution in [-0.4, -0.2) is 30.2 Å². The van der Waals surface area contributed by atoms with Crippen molar-refractivity contribution < 1.29 is 23.9 Å². The molecule has 1 aliphatic carbocycles. The van der Waals surface area contributed by atoms with Gasteiger partial charge in [0.25, 0.3) is 0 Å². The number of aryl methyl sites for hydroxylation is 2. The standard InChI is InChI=1S/C28H30N2O5/c1-16-8-10-22-23(11-16)27(33)30(26(22)32)20-5-4-6-21(14-20)35-28(34)19-13-25(31)29(15-19)24-12-17(2)7-9-18(24)3/h4-7,9,12,14,16,19,22-23H,8,10-11,13,15H2,1-3H3/t16-,19+,22+,23+/m0/s1. The number of carbonyl (C=O) groups excluding carboxylic acids is 4. The SMILES string of the molecule is Cc1ccc(C)c(N2C[C@H](C(=O)Oc3cccc(N4C(=O)[C@@H]5CC[C@H](C)C[C@H]5C4=O)c3)CC2=O)c1. The maximum Gasteiger partial charge on any atom is 0.316 e. The number of benzene rings is 2. The van der Waals surface area contributed by atoms with Crippen LogP contribution < -0.4 is 14.5 Å². The molecule has 2 aromatic carbocycles. The summed E-state index contributed by atoms with van der Waals surface area (Å²) in [4.78, 5) is 54.6. The van der Waals surface area contributed by atoms with Crippen molar-refractivity contribution in [3.8, 4) is 5.75 Å². The van der Waals surface area contributed by atoms with E-state index >= 15 is 0 Å². The molecule has 0 aromatic heterocycles. The van der Waals surface area contributed by atoms with E-state index in [0.29, 0.717) is 11.6 Å². The molecule has 7 nitrogen and oxygen atoms in total. The van der Waals surface area contributed by atoms with Crippen molar-refractivity contribution in [2.24, 2.45) is 23.7 Å². The summed E-state index contributed by atoms with van der Waals surface area (Å²) in [6.07, 6.45) is 2.49. The number of nitrogens with zero attached hydrogens (tertiary/aromatic N) is 2. The fourth-order valence-electron chi connectivity index (χ4n) is 5.64. The van der Waals surface area contributed by atoms with Gasteiger partial charge < -0.3 is 9.64 Å². The largest absolute Gasteiger partial charge is 0.426 e. The molecule has 0 radical (unpaired) electrons. The highest BCUT2D eigenvalue weighted by molar-refractivity contribution is 6.22. The first-order valence-corrected chi connectivity index (χ1v) is 12.3. The third-order valence-corrected chi connectivity index (χ3v) is 7.60. The van der Waals surface area contributed by atoms with E-state index in [1.165, 1.54) is 4.90 Å². The molecule has 2 saturated heterocycles. The van der Waals surface area contributed by atoms with Crippen molar-refractivity contribution >= 4 is 35.1 Å². The number of esters is 1. The number of rotatable bonds is 4. The van der Waals surface area contributed by atoms with Crippen molar-refractivity contribution in [3.63, 3.8) is 0 Å². The number of carbonyl (C=O) groups is 4. The summed E-state index contributed by atoms with van der Waals surface area (Å²) in [6.45, 7) is 6.28. The highest BCUT2D eigenvalue weighted by Gasteiger charge is 2.50. The van der Waals surface area contributed by atoms with Gasteiger partial charge in [0.15, 0.2) is 0 Å². The fourth-order valence-corrected chi connectivity index (χ4v) is 5.64. The molecule has 182 valence electrons. The Morgan fingerprint density at radius 1 is 0.971 bits per heavy atom. The van der Waals surface area contributed by atoms with E-state index in [1.807, 2.05) is 32.0 Å². The molecule has 3 aliphatic rings. The molecule has 0 N–H and O–H groups in total. The van der Waals surface area contributed by atoms with Crippen molar-refractivity contribution in [2.75, 3.05) is 16.3 Å². The van der Waals surface area contributed by atoms with E-state index in [2.05, 4.69) is 6.92 Å². The zero-order valence-corrected chi connectivity index (χ0v) is 20.3. The Bertz CT molecular complexity index is 1220. The lowest BCUT2D eigenvalue weighted by atomic mass is 9.76. The van der Waals surface area contributed by atoms with Crippen LogP contribution in [0, 0.1) is 37.5 Å². The van der Waals surface area contributed by atoms with E-state index in [9.17, 15) is 19.2 Å². The molecule has 0 unspecified atom stereocenters. The van der Waals surface area contributed by atoms with Crippen molar-refractivity contribution in [3.05, 3.63) is 53.6 Å². The van der Waals surface area contributed by atoms with Gasteiger partial charge in [0.1, 0.15) is 5.75 Å². The number of anilines is 2. The third kappa shape index (κ3) is 4.24. The van der Waals surface area contributed by atoms with Crippen molar-refractivity contribution in [1.82, 2.24) is 0 Å². The predicted octanol–water partition coefficient (Wildman–Crippen LogP) is 4.19. The van der Waals surface area contributed by atoms with Crippen LogP contribution >= 0.6 is 0 Å². The molecule has 3 fully saturated rings. The molecule has 2 aliphatic heterocycles. The topological polar surface area (TPSA) is 84.0 Å². The molecule has 35 heavy (non-hydrogen) atoms. The second-order valence-electron chi connectivity index (χ2n) is 10.3. The first kappa shape index (κ1) is 23.3. The van der Waals surface area contributed by atoms with Gasteiger partial charge in [-0.25, -0.2) is 4.90 Å². The quantitative estimate of drug-likeness (QED) is 0.377. The van der Waals surface area contributed by atoms with Crippen molar-refractivity contribution in [1.29, 1.82) is 0 Å². The molecule has 0 bridgehead atoms. The number of amides is 3. The summed E-state index contributed by atoms with van der Waals surface area (Å²) in [6, 6.07) is 12.5. The van der Waals surface area contributed by atoms with Crippen LogP contribution in [0.25, 0.3) is 0 Å². The van der Waals surface area contributed by atoms with E-state index in [0.717, 1.165) is 36.1 Å². The third-order valence-electron chi connectivity index (χ3n) is 7.60. The van der Waals surface area contributed by atoms with Crippen LogP contribution in [0.15, 0.2) is 42.5 Å². The molecule has 7 heteroatoms. The zero-order chi connectivity index (χ0) is 24.9. The number of imide groups is 1. The first-order valence-electron chi connectivity index (χ1n) is 12.3. The average molecular weight is 475 g/mol. The van der Waals surface area contributed by atoms with Crippen LogP contribution in [0.1, 0.15) is 43.7 Å². The van der Waals surface area contributed by atoms with E-state index in [-0.39, 0.29) is 48.3 Å². The van der Waals surface area contributed by atoms with E-state index in [1.54, 1.807) is 29.2 Å². The number of hydrogen-bond acceptors (Lipinski definition) is 5. The Morgan fingerprint density at radius 3 is 2.54 bits per heavy atom. The van der Waals surface area contributed by atoms with Crippen LogP contribution in [0.2, 0.25) is 0 Å². The molecule has 1 saturated carbocycles. The molecule has 5 rings (SSSR count). The van der Waals surface area contributed by atoms with Crippen LogP contribution in [0.4, 0.5) is 11.4 Å². The van der Waals surface area contributed by atoms with Gasteiger partial charge in [0, 0.05) is 24.7 Å². The Labute approximate surface area is 205 Å².